The summed E-state index contributed by atoms with van der Waals surface area (Å²) in [5.41, 5.74) is 0.673. The highest BCUT2D eigenvalue weighted by Gasteiger charge is 2.15. The van der Waals surface area contributed by atoms with Crippen LogP contribution in [0, 0.1) is 0 Å². The molecular formula is C13H20N2O2. The van der Waals surface area contributed by atoms with Crippen LogP contribution < -0.4 is 10.6 Å². The normalized spacial score (nSPS) is 19.5. The fourth-order valence-corrected chi connectivity index (χ4v) is 2.27. The molecule has 0 spiro atoms. The van der Waals surface area contributed by atoms with Gasteiger partial charge >= 0.3 is 0 Å². The topological polar surface area (TPSA) is 54.3 Å². The summed E-state index contributed by atoms with van der Waals surface area (Å²) in [6.07, 6.45) is 5.80. The summed E-state index contributed by atoms with van der Waals surface area (Å²) >= 11 is 0. The lowest BCUT2D eigenvalue weighted by molar-refractivity contribution is 0.0950. The summed E-state index contributed by atoms with van der Waals surface area (Å²) < 4.78 is 5.24. The predicted octanol–water partition coefficient (Wildman–Crippen LogP) is 1.71. The fourth-order valence-electron chi connectivity index (χ4n) is 2.27. The molecule has 1 aromatic heterocycles. The first-order valence-corrected chi connectivity index (χ1v) is 6.39. The number of carbonyl (C=O) groups excluding carboxylic acids is 1. The van der Waals surface area contributed by atoms with Crippen LogP contribution in [-0.4, -0.2) is 25.0 Å². The molecule has 4 nitrogen and oxygen atoms in total. The molecule has 1 aliphatic heterocycles. The first-order valence-electron chi connectivity index (χ1n) is 6.39. The lowest BCUT2D eigenvalue weighted by Gasteiger charge is -2.10. The Balaban J connectivity index is 1.77. The van der Waals surface area contributed by atoms with E-state index in [4.69, 9.17) is 4.42 Å². The monoisotopic (exact) mass is 236 g/mol. The molecule has 1 atom stereocenters. The minimum atomic E-state index is -0.0198. The third-order valence-electron chi connectivity index (χ3n) is 3.25. The van der Waals surface area contributed by atoms with E-state index < -0.39 is 0 Å². The van der Waals surface area contributed by atoms with Gasteiger partial charge in [0.15, 0.2) is 0 Å². The van der Waals surface area contributed by atoms with E-state index in [1.54, 1.807) is 12.3 Å². The summed E-state index contributed by atoms with van der Waals surface area (Å²) in [6, 6.07) is 2.31. The molecule has 1 amide bonds. The van der Waals surface area contributed by atoms with Gasteiger partial charge in [-0.2, -0.15) is 0 Å². The van der Waals surface area contributed by atoms with E-state index in [0.29, 0.717) is 11.6 Å². The Labute approximate surface area is 102 Å². The highest BCUT2D eigenvalue weighted by molar-refractivity contribution is 5.95. The number of furan rings is 1. The van der Waals surface area contributed by atoms with Crippen molar-refractivity contribution in [3.05, 3.63) is 23.7 Å². The highest BCUT2D eigenvalue weighted by atomic mass is 16.3. The zero-order chi connectivity index (χ0) is 12.1. The van der Waals surface area contributed by atoms with Gasteiger partial charge in [-0.1, -0.05) is 6.92 Å². The molecule has 0 aromatic carbocycles. The Kier molecular flexibility index (Phi) is 4.20. The molecule has 0 aliphatic carbocycles. The molecule has 0 unspecified atom stereocenters. The van der Waals surface area contributed by atoms with Gasteiger partial charge in [-0.05, 0) is 31.9 Å². The maximum Gasteiger partial charge on any atom is 0.254 e. The molecule has 1 saturated heterocycles. The maximum absolute atomic E-state index is 11.9. The summed E-state index contributed by atoms with van der Waals surface area (Å²) in [6.45, 7) is 3.82. The van der Waals surface area contributed by atoms with Crippen molar-refractivity contribution in [1.82, 2.24) is 10.6 Å². The van der Waals surface area contributed by atoms with Gasteiger partial charge in [0.1, 0.15) is 5.76 Å². The third kappa shape index (κ3) is 3.09. The van der Waals surface area contributed by atoms with E-state index in [1.165, 1.54) is 12.8 Å². The summed E-state index contributed by atoms with van der Waals surface area (Å²) in [5.74, 6) is 0.745. The molecular weight excluding hydrogens is 216 g/mol. The molecule has 2 rings (SSSR count). The Morgan fingerprint density at radius 3 is 3.24 bits per heavy atom. The first-order chi connectivity index (χ1) is 8.31. The molecule has 94 valence electrons. The SMILES string of the molecule is CCc1occc1C(=O)NCC[C@H]1CCCN1. The van der Waals surface area contributed by atoms with E-state index in [1.807, 2.05) is 6.92 Å². The quantitative estimate of drug-likeness (QED) is 0.818. The molecule has 1 aliphatic rings. The standard InChI is InChI=1S/C13H20N2O2/c1-2-12-11(6-9-17-12)13(16)15-8-5-10-4-3-7-14-10/h6,9-10,14H,2-5,7-8H2,1H3,(H,15,16)/t10-/m1/s1. The molecule has 4 heteroatoms. The lowest BCUT2D eigenvalue weighted by atomic mass is 10.1. The Morgan fingerprint density at radius 1 is 1.65 bits per heavy atom. The van der Waals surface area contributed by atoms with Crippen molar-refractivity contribution in [3.63, 3.8) is 0 Å². The molecule has 0 radical (unpaired) electrons. The Morgan fingerprint density at radius 2 is 2.53 bits per heavy atom. The van der Waals surface area contributed by atoms with Crippen LogP contribution in [0.3, 0.4) is 0 Å². The molecule has 0 bridgehead atoms. The van der Waals surface area contributed by atoms with Gasteiger partial charge in [0.2, 0.25) is 0 Å². The Hall–Kier alpha value is -1.29. The van der Waals surface area contributed by atoms with Crippen molar-refractivity contribution >= 4 is 5.91 Å². The van der Waals surface area contributed by atoms with Gasteiger partial charge in [-0.15, -0.1) is 0 Å². The van der Waals surface area contributed by atoms with Crippen molar-refractivity contribution in [3.8, 4) is 0 Å². The van der Waals surface area contributed by atoms with Gasteiger partial charge in [0, 0.05) is 19.0 Å². The van der Waals surface area contributed by atoms with Crippen LogP contribution in [0.5, 0.6) is 0 Å². The summed E-state index contributed by atoms with van der Waals surface area (Å²) in [4.78, 5) is 11.9. The minimum absolute atomic E-state index is 0.0198. The molecule has 1 aromatic rings. The van der Waals surface area contributed by atoms with Crippen LogP contribution in [0.15, 0.2) is 16.7 Å². The highest BCUT2D eigenvalue weighted by Crippen LogP contribution is 2.11. The third-order valence-corrected chi connectivity index (χ3v) is 3.25. The number of rotatable bonds is 5. The number of hydrogen-bond acceptors (Lipinski definition) is 3. The number of carbonyl (C=O) groups is 1. The number of aryl methyl sites for hydroxylation is 1. The van der Waals surface area contributed by atoms with Crippen molar-refractivity contribution in [2.75, 3.05) is 13.1 Å². The lowest BCUT2D eigenvalue weighted by Crippen LogP contribution is -2.30. The van der Waals surface area contributed by atoms with Crippen LogP contribution in [0.2, 0.25) is 0 Å². The summed E-state index contributed by atoms with van der Waals surface area (Å²) in [5, 5.41) is 6.37. The maximum atomic E-state index is 11.9. The van der Waals surface area contributed by atoms with Gasteiger partial charge in [0.05, 0.1) is 11.8 Å². The van der Waals surface area contributed by atoms with Crippen molar-refractivity contribution in [2.24, 2.45) is 0 Å². The Bertz CT molecular complexity index is 367. The summed E-state index contributed by atoms with van der Waals surface area (Å²) in [7, 11) is 0. The van der Waals surface area contributed by atoms with Gasteiger partial charge in [-0.3, -0.25) is 4.79 Å². The number of nitrogens with one attached hydrogen (secondary N) is 2. The zero-order valence-electron chi connectivity index (χ0n) is 10.3. The zero-order valence-corrected chi connectivity index (χ0v) is 10.3. The predicted molar refractivity (Wildman–Crippen MR) is 66.1 cm³/mol. The van der Waals surface area contributed by atoms with Gasteiger partial charge in [0.25, 0.3) is 5.91 Å². The average Bonchev–Trinajstić information content (AvgIpc) is 2.99. The van der Waals surface area contributed by atoms with Crippen LogP contribution in [0.25, 0.3) is 0 Å². The smallest absolute Gasteiger partial charge is 0.254 e. The van der Waals surface area contributed by atoms with Crippen molar-refractivity contribution < 1.29 is 9.21 Å². The van der Waals surface area contributed by atoms with E-state index >= 15 is 0 Å². The van der Waals surface area contributed by atoms with Crippen LogP contribution in [-0.2, 0) is 6.42 Å². The van der Waals surface area contributed by atoms with E-state index in [-0.39, 0.29) is 5.91 Å². The van der Waals surface area contributed by atoms with Crippen LogP contribution >= 0.6 is 0 Å². The number of amides is 1. The molecule has 2 heterocycles. The second-order valence-corrected chi connectivity index (χ2v) is 4.45. The average molecular weight is 236 g/mol. The number of hydrogen-bond donors (Lipinski definition) is 2. The van der Waals surface area contributed by atoms with E-state index in [9.17, 15) is 4.79 Å². The molecule has 0 saturated carbocycles. The minimum Gasteiger partial charge on any atom is -0.469 e. The molecule has 1 fully saturated rings. The van der Waals surface area contributed by atoms with Gasteiger partial charge in [-0.25, -0.2) is 0 Å². The second kappa shape index (κ2) is 5.87. The van der Waals surface area contributed by atoms with E-state index in [2.05, 4.69) is 10.6 Å². The van der Waals surface area contributed by atoms with Gasteiger partial charge < -0.3 is 15.1 Å². The first kappa shape index (κ1) is 12.2. The largest absolute Gasteiger partial charge is 0.469 e. The van der Waals surface area contributed by atoms with Crippen LogP contribution in [0.4, 0.5) is 0 Å². The van der Waals surface area contributed by atoms with Crippen molar-refractivity contribution in [2.45, 2.75) is 38.6 Å². The second-order valence-electron chi connectivity index (χ2n) is 4.45. The van der Waals surface area contributed by atoms with Crippen LogP contribution in [0.1, 0.15) is 42.3 Å². The molecule has 17 heavy (non-hydrogen) atoms. The van der Waals surface area contributed by atoms with Crippen molar-refractivity contribution in [1.29, 1.82) is 0 Å². The molecule has 2 N–H and O–H groups in total. The fraction of sp³-hybridized carbons (Fsp3) is 0.615. The van der Waals surface area contributed by atoms with E-state index in [0.717, 1.165) is 31.7 Å².